The van der Waals surface area contributed by atoms with Gasteiger partial charge >= 0.3 is 0 Å². The second-order valence-electron chi connectivity index (χ2n) is 7.08. The number of aromatic nitrogens is 3. The topological polar surface area (TPSA) is 42.7 Å². The fourth-order valence-corrected chi connectivity index (χ4v) is 2.92. The Morgan fingerprint density at radius 2 is 1.54 bits per heavy atom. The number of nitrogens with one attached hydrogen (secondary N) is 1. The van der Waals surface area contributed by atoms with Crippen LogP contribution in [0.2, 0.25) is 0 Å². The van der Waals surface area contributed by atoms with E-state index in [4.69, 9.17) is 10.2 Å². The summed E-state index contributed by atoms with van der Waals surface area (Å²) < 4.78 is 0. The van der Waals surface area contributed by atoms with E-state index in [-0.39, 0.29) is 6.04 Å². The van der Waals surface area contributed by atoms with Crippen molar-refractivity contribution in [3.05, 3.63) is 71.9 Å². The Hall–Kier alpha value is -2.46. The minimum absolute atomic E-state index is 0.252. The molecule has 0 saturated carbocycles. The minimum atomic E-state index is 0.252. The van der Waals surface area contributed by atoms with Crippen molar-refractivity contribution in [2.45, 2.75) is 52.2 Å². The van der Waals surface area contributed by atoms with Gasteiger partial charge in [0.15, 0.2) is 0 Å². The van der Waals surface area contributed by atoms with E-state index in [1.54, 1.807) is 0 Å². The van der Waals surface area contributed by atoms with Crippen LogP contribution in [-0.2, 0) is 13.0 Å². The van der Waals surface area contributed by atoms with Crippen molar-refractivity contribution in [2.24, 2.45) is 0 Å². The summed E-state index contributed by atoms with van der Waals surface area (Å²) in [5.74, 6) is 0. The Kier molecular flexibility index (Phi) is 6.18. The second kappa shape index (κ2) is 8.77. The lowest BCUT2D eigenvalue weighted by molar-refractivity contribution is 0.456. The molecule has 0 spiro atoms. The maximum Gasteiger partial charge on any atom is 0.117 e. The van der Waals surface area contributed by atoms with Crippen LogP contribution in [0.15, 0.2) is 60.7 Å². The molecule has 1 heterocycles. The molecule has 4 heteroatoms. The first kappa shape index (κ1) is 18.3. The first-order chi connectivity index (χ1) is 12.6. The van der Waals surface area contributed by atoms with E-state index in [2.05, 4.69) is 68.6 Å². The average molecular weight is 348 g/mol. The molecular formula is C22H28N4. The summed E-state index contributed by atoms with van der Waals surface area (Å²) >= 11 is 0. The van der Waals surface area contributed by atoms with Crippen LogP contribution in [0.5, 0.6) is 0 Å². The van der Waals surface area contributed by atoms with Gasteiger partial charge in [-0.05, 0) is 39.2 Å². The van der Waals surface area contributed by atoms with E-state index >= 15 is 0 Å². The lowest BCUT2D eigenvalue weighted by Gasteiger charge is -2.13. The van der Waals surface area contributed by atoms with Crippen molar-refractivity contribution in [3.8, 4) is 11.3 Å². The Morgan fingerprint density at radius 1 is 0.885 bits per heavy atom. The Balaban J connectivity index is 1.65. The van der Waals surface area contributed by atoms with Crippen LogP contribution in [0.4, 0.5) is 0 Å². The lowest BCUT2D eigenvalue weighted by Crippen LogP contribution is -2.26. The van der Waals surface area contributed by atoms with Crippen LogP contribution >= 0.6 is 0 Å². The van der Waals surface area contributed by atoms with Crippen molar-refractivity contribution in [1.82, 2.24) is 20.3 Å². The zero-order chi connectivity index (χ0) is 18.4. The van der Waals surface area contributed by atoms with Gasteiger partial charge in [0, 0.05) is 18.2 Å². The van der Waals surface area contributed by atoms with E-state index in [9.17, 15) is 0 Å². The number of hydrogen-bond acceptors (Lipinski definition) is 3. The van der Waals surface area contributed by atoms with Crippen molar-refractivity contribution in [3.63, 3.8) is 0 Å². The third-order valence-corrected chi connectivity index (χ3v) is 4.53. The van der Waals surface area contributed by atoms with E-state index in [0.29, 0.717) is 6.04 Å². The van der Waals surface area contributed by atoms with E-state index in [1.807, 2.05) is 23.0 Å². The molecule has 0 aliphatic rings. The number of aryl methyl sites for hydroxylation is 1. The molecule has 0 aliphatic carbocycles. The summed E-state index contributed by atoms with van der Waals surface area (Å²) in [6.45, 7) is 7.17. The molecule has 0 fully saturated rings. The predicted octanol–water partition coefficient (Wildman–Crippen LogP) is 4.64. The highest BCUT2D eigenvalue weighted by atomic mass is 15.5. The predicted molar refractivity (Wildman–Crippen MR) is 107 cm³/mol. The van der Waals surface area contributed by atoms with Gasteiger partial charge in [-0.2, -0.15) is 15.0 Å². The molecule has 3 aromatic rings. The van der Waals surface area contributed by atoms with Gasteiger partial charge < -0.3 is 5.32 Å². The van der Waals surface area contributed by atoms with E-state index in [1.165, 1.54) is 5.56 Å². The molecule has 3 rings (SSSR count). The molecule has 2 aromatic carbocycles. The maximum atomic E-state index is 4.72. The summed E-state index contributed by atoms with van der Waals surface area (Å²) in [4.78, 5) is 1.81. The van der Waals surface area contributed by atoms with Crippen LogP contribution in [0, 0.1) is 0 Å². The Bertz CT molecular complexity index is 794. The van der Waals surface area contributed by atoms with Gasteiger partial charge in [-0.15, -0.1) is 0 Å². The summed E-state index contributed by atoms with van der Waals surface area (Å²) in [6, 6.07) is 21.6. The van der Waals surface area contributed by atoms with Gasteiger partial charge in [0.25, 0.3) is 0 Å². The van der Waals surface area contributed by atoms with Gasteiger partial charge in [0.1, 0.15) is 11.4 Å². The smallest absolute Gasteiger partial charge is 0.117 e. The van der Waals surface area contributed by atoms with E-state index < -0.39 is 0 Å². The molecule has 0 radical (unpaired) electrons. The third kappa shape index (κ3) is 4.79. The molecule has 0 aliphatic heterocycles. The number of rotatable bonds is 8. The molecule has 0 saturated heterocycles. The number of hydrogen-bond donors (Lipinski definition) is 1. The molecule has 136 valence electrons. The molecule has 4 nitrogen and oxygen atoms in total. The number of nitrogens with zero attached hydrogens (tertiary/aromatic N) is 3. The molecule has 0 unspecified atom stereocenters. The Morgan fingerprint density at radius 3 is 2.19 bits per heavy atom. The molecule has 26 heavy (non-hydrogen) atoms. The highest BCUT2D eigenvalue weighted by Crippen LogP contribution is 2.21. The SMILES string of the molecule is CC(C)n1nc(CN[C@@H](C)CCc2ccccc2)c(-c2ccccc2)n1. The van der Waals surface area contributed by atoms with E-state index in [0.717, 1.165) is 36.3 Å². The fraction of sp³-hybridized carbons (Fsp3) is 0.364. The van der Waals surface area contributed by atoms with Crippen LogP contribution in [0.3, 0.4) is 0 Å². The summed E-state index contributed by atoms with van der Waals surface area (Å²) in [7, 11) is 0. The quantitative estimate of drug-likeness (QED) is 0.645. The normalized spacial score (nSPS) is 12.5. The zero-order valence-corrected chi connectivity index (χ0v) is 15.9. The monoisotopic (exact) mass is 348 g/mol. The van der Waals surface area contributed by atoms with Gasteiger partial charge in [0.05, 0.1) is 6.04 Å². The molecule has 1 aromatic heterocycles. The highest BCUT2D eigenvalue weighted by Gasteiger charge is 2.15. The van der Waals surface area contributed by atoms with Crippen LogP contribution in [0.1, 0.15) is 44.5 Å². The minimum Gasteiger partial charge on any atom is -0.309 e. The van der Waals surface area contributed by atoms with Gasteiger partial charge in [0.2, 0.25) is 0 Å². The molecule has 1 N–H and O–H groups in total. The van der Waals surface area contributed by atoms with Crippen LogP contribution in [-0.4, -0.2) is 21.0 Å². The zero-order valence-electron chi connectivity index (χ0n) is 15.9. The van der Waals surface area contributed by atoms with Crippen LogP contribution < -0.4 is 5.32 Å². The van der Waals surface area contributed by atoms with Gasteiger partial charge in [-0.1, -0.05) is 60.7 Å². The fourth-order valence-electron chi connectivity index (χ4n) is 2.92. The molecular weight excluding hydrogens is 320 g/mol. The summed E-state index contributed by atoms with van der Waals surface area (Å²) in [6.07, 6.45) is 2.18. The Labute approximate surface area is 156 Å². The summed E-state index contributed by atoms with van der Waals surface area (Å²) in [5.41, 5.74) is 4.49. The summed E-state index contributed by atoms with van der Waals surface area (Å²) in [5, 5.41) is 13.1. The van der Waals surface area contributed by atoms with Crippen molar-refractivity contribution in [2.75, 3.05) is 0 Å². The van der Waals surface area contributed by atoms with Crippen molar-refractivity contribution >= 4 is 0 Å². The second-order valence-corrected chi connectivity index (χ2v) is 7.08. The first-order valence-corrected chi connectivity index (χ1v) is 9.42. The highest BCUT2D eigenvalue weighted by molar-refractivity contribution is 5.60. The molecule has 0 bridgehead atoms. The van der Waals surface area contributed by atoms with Gasteiger partial charge in [-0.3, -0.25) is 0 Å². The maximum absolute atomic E-state index is 4.72. The standard InChI is InChI=1S/C22H28N4/c1-17(2)26-24-21(22(25-26)20-12-8-5-9-13-20)16-23-18(3)14-15-19-10-6-4-7-11-19/h4-13,17-18,23H,14-16H2,1-3H3/t18-/m0/s1. The lowest BCUT2D eigenvalue weighted by atomic mass is 10.1. The molecule has 0 amide bonds. The average Bonchev–Trinajstić information content (AvgIpc) is 3.11. The first-order valence-electron chi connectivity index (χ1n) is 9.42. The van der Waals surface area contributed by atoms with Crippen molar-refractivity contribution in [1.29, 1.82) is 0 Å². The number of benzene rings is 2. The third-order valence-electron chi connectivity index (χ3n) is 4.53. The molecule has 1 atom stereocenters. The van der Waals surface area contributed by atoms with Crippen molar-refractivity contribution < 1.29 is 0 Å². The van der Waals surface area contributed by atoms with Gasteiger partial charge in [-0.25, -0.2) is 0 Å². The largest absolute Gasteiger partial charge is 0.309 e. The van der Waals surface area contributed by atoms with Crippen LogP contribution in [0.25, 0.3) is 11.3 Å².